The molecule has 0 aliphatic carbocycles. The number of nitrogens with zero attached hydrogens (tertiary/aromatic N) is 1. The second kappa shape index (κ2) is 5.23. The number of rotatable bonds is 1. The third kappa shape index (κ3) is 1.87. The van der Waals surface area contributed by atoms with E-state index in [1.54, 1.807) is 0 Å². The predicted molar refractivity (Wildman–Crippen MR) is 72.3 cm³/mol. The Hall–Kier alpha value is -1.94. The van der Waals surface area contributed by atoms with Crippen LogP contribution in [0.2, 0.25) is 0 Å². The van der Waals surface area contributed by atoms with Gasteiger partial charge in [0, 0.05) is 29.2 Å². The molecule has 0 N–H and O–H groups in total. The number of fused-ring (bicyclic) bond motifs is 1. The number of aryl methyl sites for hydroxylation is 1. The summed E-state index contributed by atoms with van der Waals surface area (Å²) in [5.41, 5.74) is 3.97. The van der Waals surface area contributed by atoms with Crippen LogP contribution in [0.5, 0.6) is 0 Å². The molecule has 0 radical (unpaired) electrons. The number of aromatic nitrogens is 1. The second-order valence-corrected chi connectivity index (χ2v) is 3.58. The van der Waals surface area contributed by atoms with Crippen molar-refractivity contribution in [2.24, 2.45) is 7.05 Å². The summed E-state index contributed by atoms with van der Waals surface area (Å²) >= 11 is 0. The van der Waals surface area contributed by atoms with Gasteiger partial charge in [-0.05, 0) is 19.9 Å². The SMILES string of the molecule is C#C.C/C=C\c1c(C)n(C)c2ccccc12. The molecule has 0 bridgehead atoms. The highest BCUT2D eigenvalue weighted by atomic mass is 14.9. The Morgan fingerprint density at radius 1 is 1.19 bits per heavy atom. The third-order valence-electron chi connectivity index (χ3n) is 2.78. The number of hydrogen-bond donors (Lipinski definition) is 0. The van der Waals surface area contributed by atoms with Gasteiger partial charge in [0.2, 0.25) is 0 Å². The first kappa shape index (κ1) is 12.1. The van der Waals surface area contributed by atoms with Gasteiger partial charge in [0.25, 0.3) is 0 Å². The Morgan fingerprint density at radius 2 is 1.81 bits per heavy atom. The van der Waals surface area contributed by atoms with Crippen LogP contribution in [0.4, 0.5) is 0 Å². The minimum atomic E-state index is 1.30. The maximum absolute atomic E-state index is 4.00. The fourth-order valence-electron chi connectivity index (χ4n) is 1.93. The summed E-state index contributed by atoms with van der Waals surface area (Å²) in [5, 5.41) is 1.34. The van der Waals surface area contributed by atoms with E-state index in [0.29, 0.717) is 0 Å². The summed E-state index contributed by atoms with van der Waals surface area (Å²) in [6.07, 6.45) is 12.3. The highest BCUT2D eigenvalue weighted by Crippen LogP contribution is 2.25. The topological polar surface area (TPSA) is 4.93 Å². The van der Waals surface area contributed by atoms with Gasteiger partial charge in [-0.1, -0.05) is 30.4 Å². The summed E-state index contributed by atoms with van der Waals surface area (Å²) in [6, 6.07) is 8.52. The Kier molecular flexibility index (Phi) is 3.96. The van der Waals surface area contributed by atoms with Crippen molar-refractivity contribution in [1.29, 1.82) is 0 Å². The van der Waals surface area contributed by atoms with Gasteiger partial charge < -0.3 is 4.57 Å². The van der Waals surface area contributed by atoms with Crippen LogP contribution in [-0.2, 0) is 7.05 Å². The Bertz CT molecular complexity index is 527. The van der Waals surface area contributed by atoms with Gasteiger partial charge >= 0.3 is 0 Å². The van der Waals surface area contributed by atoms with Crippen molar-refractivity contribution in [2.45, 2.75) is 13.8 Å². The lowest BCUT2D eigenvalue weighted by Crippen LogP contribution is -1.89. The molecule has 1 aromatic heterocycles. The maximum Gasteiger partial charge on any atom is 0.0486 e. The highest BCUT2D eigenvalue weighted by molar-refractivity contribution is 5.91. The molecule has 0 aliphatic rings. The van der Waals surface area contributed by atoms with Gasteiger partial charge in [-0.25, -0.2) is 0 Å². The lowest BCUT2D eigenvalue weighted by Gasteiger charge is -1.97. The van der Waals surface area contributed by atoms with Crippen LogP contribution in [0.1, 0.15) is 18.2 Å². The Labute approximate surface area is 97.4 Å². The first-order chi connectivity index (χ1) is 7.75. The van der Waals surface area contributed by atoms with Crippen molar-refractivity contribution in [2.75, 3.05) is 0 Å². The zero-order valence-corrected chi connectivity index (χ0v) is 10.1. The number of allylic oxidation sites excluding steroid dienone is 1. The van der Waals surface area contributed by atoms with Gasteiger partial charge in [0.05, 0.1) is 0 Å². The molecule has 0 saturated heterocycles. The minimum absolute atomic E-state index is 1.30. The molecular formula is C15H17N. The smallest absolute Gasteiger partial charge is 0.0486 e. The lowest BCUT2D eigenvalue weighted by atomic mass is 10.1. The summed E-state index contributed by atoms with van der Waals surface area (Å²) in [7, 11) is 2.12. The molecular weight excluding hydrogens is 194 g/mol. The monoisotopic (exact) mass is 211 g/mol. The van der Waals surface area contributed by atoms with E-state index >= 15 is 0 Å². The first-order valence-electron chi connectivity index (χ1n) is 5.25. The summed E-state index contributed by atoms with van der Waals surface area (Å²) in [6.45, 7) is 4.22. The van der Waals surface area contributed by atoms with E-state index in [1.165, 1.54) is 22.2 Å². The van der Waals surface area contributed by atoms with E-state index in [1.807, 2.05) is 0 Å². The molecule has 0 atom stereocenters. The first-order valence-corrected chi connectivity index (χ1v) is 5.25. The largest absolute Gasteiger partial charge is 0.347 e. The van der Waals surface area contributed by atoms with Crippen LogP contribution in [0.15, 0.2) is 30.3 Å². The molecule has 2 rings (SSSR count). The van der Waals surface area contributed by atoms with Crippen molar-refractivity contribution >= 4 is 17.0 Å². The summed E-state index contributed by atoms with van der Waals surface area (Å²) in [4.78, 5) is 0. The van der Waals surface area contributed by atoms with Crippen LogP contribution in [0.25, 0.3) is 17.0 Å². The van der Waals surface area contributed by atoms with Crippen molar-refractivity contribution < 1.29 is 0 Å². The Morgan fingerprint density at radius 3 is 2.44 bits per heavy atom. The van der Waals surface area contributed by atoms with Gasteiger partial charge in [0.1, 0.15) is 0 Å². The van der Waals surface area contributed by atoms with E-state index in [-0.39, 0.29) is 0 Å². The second-order valence-electron chi connectivity index (χ2n) is 3.58. The number of benzene rings is 1. The van der Waals surface area contributed by atoms with Gasteiger partial charge in [-0.15, -0.1) is 12.8 Å². The van der Waals surface area contributed by atoms with Crippen molar-refractivity contribution in [3.8, 4) is 12.8 Å². The van der Waals surface area contributed by atoms with E-state index < -0.39 is 0 Å². The molecule has 0 spiro atoms. The number of para-hydroxylation sites is 1. The average molecular weight is 211 g/mol. The normalized spacial score (nSPS) is 10.3. The minimum Gasteiger partial charge on any atom is -0.347 e. The molecule has 1 heteroatoms. The molecule has 82 valence electrons. The lowest BCUT2D eigenvalue weighted by molar-refractivity contribution is 0.916. The maximum atomic E-state index is 4.00. The number of terminal acetylenes is 1. The van der Waals surface area contributed by atoms with Crippen LogP contribution >= 0.6 is 0 Å². The van der Waals surface area contributed by atoms with Gasteiger partial charge in [-0.3, -0.25) is 0 Å². The molecule has 2 aromatic rings. The van der Waals surface area contributed by atoms with E-state index in [2.05, 4.69) is 74.7 Å². The molecule has 1 nitrogen and oxygen atoms in total. The molecule has 0 unspecified atom stereocenters. The quantitative estimate of drug-likeness (QED) is 0.633. The van der Waals surface area contributed by atoms with Crippen molar-refractivity contribution in [3.63, 3.8) is 0 Å². The molecule has 0 amide bonds. The molecule has 0 aliphatic heterocycles. The zero-order chi connectivity index (χ0) is 12.1. The van der Waals surface area contributed by atoms with E-state index in [0.717, 1.165) is 0 Å². The predicted octanol–water partition coefficient (Wildman–Crippen LogP) is 3.77. The third-order valence-corrected chi connectivity index (χ3v) is 2.78. The highest BCUT2D eigenvalue weighted by Gasteiger charge is 2.07. The van der Waals surface area contributed by atoms with Gasteiger partial charge in [-0.2, -0.15) is 0 Å². The summed E-state index contributed by atoms with van der Waals surface area (Å²) in [5.74, 6) is 0. The average Bonchev–Trinajstić information content (AvgIpc) is 2.58. The van der Waals surface area contributed by atoms with Crippen LogP contribution in [-0.4, -0.2) is 4.57 Å². The fraction of sp³-hybridized carbons (Fsp3) is 0.200. The summed E-state index contributed by atoms with van der Waals surface area (Å²) < 4.78 is 2.24. The van der Waals surface area contributed by atoms with E-state index in [4.69, 9.17) is 0 Å². The molecule has 1 aromatic carbocycles. The van der Waals surface area contributed by atoms with Crippen molar-refractivity contribution in [3.05, 3.63) is 41.6 Å². The van der Waals surface area contributed by atoms with Gasteiger partial charge in [0.15, 0.2) is 0 Å². The zero-order valence-electron chi connectivity index (χ0n) is 10.1. The number of hydrogen-bond acceptors (Lipinski definition) is 0. The van der Waals surface area contributed by atoms with E-state index in [9.17, 15) is 0 Å². The van der Waals surface area contributed by atoms with Crippen LogP contribution in [0, 0.1) is 19.8 Å². The fourth-order valence-corrected chi connectivity index (χ4v) is 1.93. The molecule has 0 fully saturated rings. The molecule has 0 saturated carbocycles. The Balaban J connectivity index is 0.000000606. The van der Waals surface area contributed by atoms with Crippen molar-refractivity contribution in [1.82, 2.24) is 4.57 Å². The molecule has 1 heterocycles. The standard InChI is InChI=1S/C13H15N.C2H2/c1-4-7-11-10(2)14(3)13-9-6-5-8-12(11)13;1-2/h4-9H,1-3H3;1-2H/b7-4-;. The van der Waals surface area contributed by atoms with Crippen LogP contribution in [0.3, 0.4) is 0 Å². The van der Waals surface area contributed by atoms with Crippen LogP contribution < -0.4 is 0 Å². The molecule has 16 heavy (non-hydrogen) atoms.